The fraction of sp³-hybridized carbons (Fsp3) is 0.462. The van der Waals surface area contributed by atoms with Gasteiger partial charge in [-0.2, -0.15) is 0 Å². The molecule has 0 atom stereocenters. The van der Waals surface area contributed by atoms with E-state index in [9.17, 15) is 13.2 Å². The van der Waals surface area contributed by atoms with Crippen molar-refractivity contribution in [3.63, 3.8) is 0 Å². The number of hydrogen-bond donors (Lipinski definition) is 0. The number of sulfone groups is 1. The first-order chi connectivity index (χ1) is 9.28. The lowest BCUT2D eigenvalue weighted by Gasteiger charge is -2.18. The zero-order valence-corrected chi connectivity index (χ0v) is 12.9. The topological polar surface area (TPSA) is 72.9 Å². The van der Waals surface area contributed by atoms with Crippen LogP contribution >= 0.6 is 0 Å². The molecule has 0 heterocycles. The monoisotopic (exact) mass is 301 g/mol. The maximum atomic E-state index is 11.9. The molecule has 0 unspecified atom stereocenters. The molecule has 0 aliphatic rings. The van der Waals surface area contributed by atoms with Crippen molar-refractivity contribution in [3.8, 4) is 11.5 Å². The van der Waals surface area contributed by atoms with Gasteiger partial charge < -0.3 is 14.4 Å². The Morgan fingerprint density at radius 3 is 2.30 bits per heavy atom. The Hall–Kier alpha value is -1.76. The summed E-state index contributed by atoms with van der Waals surface area (Å²) in [6, 6.07) is 5.06. The molecule has 1 aromatic rings. The highest BCUT2D eigenvalue weighted by atomic mass is 32.2. The molecule has 0 aliphatic carbocycles. The largest absolute Gasteiger partial charge is 0.493 e. The van der Waals surface area contributed by atoms with Crippen LogP contribution in [-0.4, -0.2) is 47.6 Å². The Balaban J connectivity index is 2.86. The van der Waals surface area contributed by atoms with Gasteiger partial charge in [0, 0.05) is 31.5 Å². The Labute approximate surface area is 119 Å². The second kappa shape index (κ2) is 6.60. The summed E-state index contributed by atoms with van der Waals surface area (Å²) in [5.41, 5.74) is 0.612. The predicted octanol–water partition coefficient (Wildman–Crippen LogP) is 1.10. The van der Waals surface area contributed by atoms with Crippen LogP contribution < -0.4 is 14.4 Å². The van der Waals surface area contributed by atoms with E-state index in [1.807, 2.05) is 0 Å². The van der Waals surface area contributed by atoms with Crippen LogP contribution in [0.1, 0.15) is 6.42 Å². The highest BCUT2D eigenvalue weighted by Gasteiger charge is 2.15. The summed E-state index contributed by atoms with van der Waals surface area (Å²) in [6.07, 6.45) is 1.06. The van der Waals surface area contributed by atoms with Crippen molar-refractivity contribution in [2.75, 3.05) is 38.2 Å². The number of rotatable bonds is 6. The lowest BCUT2D eigenvalue weighted by molar-refractivity contribution is -0.117. The second-order valence-corrected chi connectivity index (χ2v) is 6.63. The Bertz CT molecular complexity index is 582. The van der Waals surface area contributed by atoms with E-state index in [-0.39, 0.29) is 18.1 Å². The van der Waals surface area contributed by atoms with Crippen LogP contribution in [0.3, 0.4) is 0 Å². The van der Waals surface area contributed by atoms with Crippen LogP contribution in [0.4, 0.5) is 5.69 Å². The van der Waals surface area contributed by atoms with Crippen molar-refractivity contribution in [1.82, 2.24) is 0 Å². The van der Waals surface area contributed by atoms with Gasteiger partial charge in [-0.1, -0.05) is 0 Å². The van der Waals surface area contributed by atoms with Crippen LogP contribution in [-0.2, 0) is 14.6 Å². The molecule has 0 bridgehead atoms. The lowest BCUT2D eigenvalue weighted by Crippen LogP contribution is -2.27. The molecule has 7 heteroatoms. The fourth-order valence-electron chi connectivity index (χ4n) is 1.62. The van der Waals surface area contributed by atoms with Crippen molar-refractivity contribution in [1.29, 1.82) is 0 Å². The van der Waals surface area contributed by atoms with Crippen LogP contribution in [0, 0.1) is 0 Å². The molecule has 6 nitrogen and oxygen atoms in total. The summed E-state index contributed by atoms with van der Waals surface area (Å²) in [4.78, 5) is 13.3. The minimum Gasteiger partial charge on any atom is -0.493 e. The van der Waals surface area contributed by atoms with E-state index in [4.69, 9.17) is 9.47 Å². The molecular weight excluding hydrogens is 282 g/mol. The maximum absolute atomic E-state index is 11.9. The number of amides is 1. The van der Waals surface area contributed by atoms with Crippen LogP contribution in [0.25, 0.3) is 0 Å². The summed E-state index contributed by atoms with van der Waals surface area (Å²) >= 11 is 0. The van der Waals surface area contributed by atoms with Gasteiger partial charge in [0.15, 0.2) is 11.5 Å². The number of anilines is 1. The number of carbonyl (C=O) groups is 1. The molecule has 0 radical (unpaired) electrons. The van der Waals surface area contributed by atoms with E-state index in [1.54, 1.807) is 25.2 Å². The van der Waals surface area contributed by atoms with Crippen molar-refractivity contribution in [3.05, 3.63) is 18.2 Å². The van der Waals surface area contributed by atoms with Gasteiger partial charge in [0.1, 0.15) is 9.84 Å². The number of carbonyl (C=O) groups excluding carboxylic acids is 1. The summed E-state index contributed by atoms with van der Waals surface area (Å²) in [5, 5.41) is 0. The van der Waals surface area contributed by atoms with Gasteiger partial charge in [0.2, 0.25) is 5.91 Å². The van der Waals surface area contributed by atoms with Gasteiger partial charge >= 0.3 is 0 Å². The number of benzene rings is 1. The smallest absolute Gasteiger partial charge is 0.227 e. The standard InChI is InChI=1S/C13H19NO5S/c1-14(13(15)7-8-20(4,16)17)10-5-6-11(18-2)12(9-10)19-3/h5-6,9H,7-8H2,1-4H3. The third-order valence-electron chi connectivity index (χ3n) is 2.82. The third-order valence-corrected chi connectivity index (χ3v) is 3.76. The van der Waals surface area contributed by atoms with Gasteiger partial charge in [0.05, 0.1) is 20.0 Å². The summed E-state index contributed by atoms with van der Waals surface area (Å²) < 4.78 is 32.4. The zero-order chi connectivity index (χ0) is 15.3. The first kappa shape index (κ1) is 16.3. The minimum atomic E-state index is -3.15. The maximum Gasteiger partial charge on any atom is 0.227 e. The van der Waals surface area contributed by atoms with E-state index in [1.165, 1.54) is 19.1 Å². The highest BCUT2D eigenvalue weighted by Crippen LogP contribution is 2.31. The molecule has 1 amide bonds. The molecule has 20 heavy (non-hydrogen) atoms. The zero-order valence-electron chi connectivity index (χ0n) is 12.0. The molecular formula is C13H19NO5S. The average molecular weight is 301 g/mol. The van der Waals surface area contributed by atoms with E-state index in [0.717, 1.165) is 6.26 Å². The van der Waals surface area contributed by atoms with E-state index >= 15 is 0 Å². The summed E-state index contributed by atoms with van der Waals surface area (Å²) in [5.74, 6) is 0.632. The SMILES string of the molecule is COc1ccc(N(C)C(=O)CCS(C)(=O)=O)cc1OC. The van der Waals surface area contributed by atoms with E-state index in [2.05, 4.69) is 0 Å². The third kappa shape index (κ3) is 4.41. The predicted molar refractivity (Wildman–Crippen MR) is 77.3 cm³/mol. The van der Waals surface area contributed by atoms with Crippen molar-refractivity contribution in [2.24, 2.45) is 0 Å². The number of ether oxygens (including phenoxy) is 2. The first-order valence-electron chi connectivity index (χ1n) is 5.95. The van der Waals surface area contributed by atoms with Crippen LogP contribution in [0.15, 0.2) is 18.2 Å². The van der Waals surface area contributed by atoms with Gasteiger partial charge in [-0.05, 0) is 12.1 Å². The Morgan fingerprint density at radius 1 is 1.20 bits per heavy atom. The molecule has 0 spiro atoms. The highest BCUT2D eigenvalue weighted by molar-refractivity contribution is 7.90. The number of nitrogens with zero attached hydrogens (tertiary/aromatic N) is 1. The molecule has 1 aromatic carbocycles. The molecule has 0 aliphatic heterocycles. The van der Waals surface area contributed by atoms with E-state index in [0.29, 0.717) is 17.2 Å². The average Bonchev–Trinajstić information content (AvgIpc) is 2.42. The summed E-state index contributed by atoms with van der Waals surface area (Å²) in [7, 11) is 1.47. The molecule has 1 rings (SSSR count). The van der Waals surface area contributed by atoms with Gasteiger partial charge in [0.25, 0.3) is 0 Å². The number of hydrogen-bond acceptors (Lipinski definition) is 5. The second-order valence-electron chi connectivity index (χ2n) is 4.37. The Kier molecular flexibility index (Phi) is 5.38. The van der Waals surface area contributed by atoms with Crippen LogP contribution in [0.2, 0.25) is 0 Å². The number of methoxy groups -OCH3 is 2. The van der Waals surface area contributed by atoms with Gasteiger partial charge in [-0.3, -0.25) is 4.79 Å². The quantitative estimate of drug-likeness (QED) is 0.787. The molecule has 0 saturated heterocycles. The van der Waals surface area contributed by atoms with Crippen molar-refractivity contribution >= 4 is 21.4 Å². The normalized spacial score (nSPS) is 11.0. The van der Waals surface area contributed by atoms with Crippen molar-refractivity contribution < 1.29 is 22.7 Å². The first-order valence-corrected chi connectivity index (χ1v) is 8.01. The van der Waals surface area contributed by atoms with E-state index < -0.39 is 9.84 Å². The summed E-state index contributed by atoms with van der Waals surface area (Å²) in [6.45, 7) is 0. The molecule has 112 valence electrons. The molecule has 0 N–H and O–H groups in total. The minimum absolute atomic E-state index is 0.0519. The van der Waals surface area contributed by atoms with Gasteiger partial charge in [-0.25, -0.2) is 8.42 Å². The van der Waals surface area contributed by atoms with Crippen LogP contribution in [0.5, 0.6) is 11.5 Å². The Morgan fingerprint density at radius 2 is 1.80 bits per heavy atom. The molecule has 0 saturated carbocycles. The molecule has 0 fully saturated rings. The van der Waals surface area contributed by atoms with Crippen molar-refractivity contribution in [2.45, 2.75) is 6.42 Å². The lowest BCUT2D eigenvalue weighted by atomic mass is 10.2. The molecule has 0 aromatic heterocycles. The van der Waals surface area contributed by atoms with Gasteiger partial charge in [-0.15, -0.1) is 0 Å². The fourth-order valence-corrected chi connectivity index (χ4v) is 2.16.